The van der Waals surface area contributed by atoms with Crippen LogP contribution in [0.1, 0.15) is 25.7 Å². The standard InChI is InChI=1S/C7H11NO4/c9-6-1-3-7(10,4-2-6)5-8(11)12/h10H,1-5H2. The van der Waals surface area contributed by atoms with Gasteiger partial charge in [0, 0.05) is 17.8 Å². The van der Waals surface area contributed by atoms with Crippen LogP contribution >= 0.6 is 0 Å². The third-order valence-electron chi connectivity index (χ3n) is 2.16. The number of ketones is 1. The highest BCUT2D eigenvalue weighted by molar-refractivity contribution is 5.79. The molecule has 0 aromatic rings. The summed E-state index contributed by atoms with van der Waals surface area (Å²) in [5.41, 5.74) is -1.24. The van der Waals surface area contributed by atoms with Crippen molar-refractivity contribution in [3.05, 3.63) is 10.1 Å². The van der Waals surface area contributed by atoms with E-state index in [2.05, 4.69) is 0 Å². The number of Topliss-reactive ketones (excluding diaryl/α,β-unsaturated/α-hetero) is 1. The molecule has 5 heteroatoms. The van der Waals surface area contributed by atoms with Crippen molar-refractivity contribution in [3.63, 3.8) is 0 Å². The zero-order valence-electron chi connectivity index (χ0n) is 6.65. The number of carbonyl (C=O) groups is 1. The Morgan fingerprint density at radius 3 is 2.42 bits per heavy atom. The fourth-order valence-electron chi connectivity index (χ4n) is 1.39. The van der Waals surface area contributed by atoms with Crippen molar-refractivity contribution < 1.29 is 14.8 Å². The number of carbonyl (C=O) groups excluding carboxylic acids is 1. The van der Waals surface area contributed by atoms with E-state index >= 15 is 0 Å². The summed E-state index contributed by atoms with van der Waals surface area (Å²) in [6.45, 7) is -0.444. The molecule has 12 heavy (non-hydrogen) atoms. The van der Waals surface area contributed by atoms with Crippen LogP contribution < -0.4 is 0 Å². The first kappa shape index (κ1) is 9.12. The first-order chi connectivity index (χ1) is 5.52. The van der Waals surface area contributed by atoms with Gasteiger partial charge in [-0.1, -0.05) is 0 Å². The van der Waals surface area contributed by atoms with E-state index in [9.17, 15) is 20.0 Å². The fraction of sp³-hybridized carbons (Fsp3) is 0.857. The molecule has 1 aliphatic rings. The lowest BCUT2D eigenvalue weighted by molar-refractivity contribution is -0.501. The van der Waals surface area contributed by atoms with Crippen LogP contribution in [0.2, 0.25) is 0 Å². The number of rotatable bonds is 2. The minimum atomic E-state index is -1.24. The molecular formula is C7H11NO4. The Bertz CT molecular complexity index is 203. The normalized spacial score (nSPS) is 22.2. The largest absolute Gasteiger partial charge is 0.383 e. The van der Waals surface area contributed by atoms with Gasteiger partial charge in [-0.15, -0.1) is 0 Å². The van der Waals surface area contributed by atoms with Crippen LogP contribution in [-0.4, -0.2) is 28.0 Å². The molecule has 1 saturated carbocycles. The average molecular weight is 173 g/mol. The Morgan fingerprint density at radius 1 is 1.50 bits per heavy atom. The highest BCUT2D eigenvalue weighted by Gasteiger charge is 2.36. The van der Waals surface area contributed by atoms with E-state index in [1.165, 1.54) is 0 Å². The molecule has 0 saturated heterocycles. The van der Waals surface area contributed by atoms with E-state index < -0.39 is 17.1 Å². The predicted molar refractivity (Wildman–Crippen MR) is 40.3 cm³/mol. The lowest BCUT2D eigenvalue weighted by Gasteiger charge is -2.26. The molecule has 0 radical (unpaired) electrons. The second kappa shape index (κ2) is 3.18. The number of hydrogen-bond donors (Lipinski definition) is 1. The van der Waals surface area contributed by atoms with Gasteiger partial charge in [-0.2, -0.15) is 0 Å². The first-order valence-corrected chi connectivity index (χ1v) is 3.88. The molecule has 1 aliphatic carbocycles. The van der Waals surface area contributed by atoms with Crippen LogP contribution in [0, 0.1) is 10.1 Å². The van der Waals surface area contributed by atoms with E-state index in [0.29, 0.717) is 0 Å². The van der Waals surface area contributed by atoms with Crippen LogP contribution in [-0.2, 0) is 4.79 Å². The Balaban J connectivity index is 2.49. The molecule has 0 amide bonds. The molecule has 68 valence electrons. The Hall–Kier alpha value is -0.970. The van der Waals surface area contributed by atoms with Crippen molar-refractivity contribution in [2.75, 3.05) is 6.54 Å². The van der Waals surface area contributed by atoms with Crippen molar-refractivity contribution in [2.24, 2.45) is 0 Å². The third-order valence-corrected chi connectivity index (χ3v) is 2.16. The van der Waals surface area contributed by atoms with Gasteiger partial charge in [-0.05, 0) is 12.8 Å². The van der Waals surface area contributed by atoms with Crippen LogP contribution in [0.15, 0.2) is 0 Å². The van der Waals surface area contributed by atoms with E-state index in [0.717, 1.165) is 0 Å². The summed E-state index contributed by atoms with van der Waals surface area (Å²) in [7, 11) is 0. The van der Waals surface area contributed by atoms with Gasteiger partial charge in [0.1, 0.15) is 11.4 Å². The van der Waals surface area contributed by atoms with Crippen molar-refractivity contribution >= 4 is 5.78 Å². The van der Waals surface area contributed by atoms with Gasteiger partial charge in [-0.25, -0.2) is 0 Å². The van der Waals surface area contributed by atoms with Crippen LogP contribution in [0.3, 0.4) is 0 Å². The second-order valence-corrected chi connectivity index (χ2v) is 3.25. The summed E-state index contributed by atoms with van der Waals surface area (Å²) >= 11 is 0. The molecule has 0 heterocycles. The number of nitro groups is 1. The Morgan fingerprint density at radius 2 is 2.00 bits per heavy atom. The zero-order chi connectivity index (χ0) is 9.19. The first-order valence-electron chi connectivity index (χ1n) is 3.88. The SMILES string of the molecule is O=C1CCC(O)(C[N+](=O)[O-])CC1. The topological polar surface area (TPSA) is 80.4 Å². The maximum absolute atomic E-state index is 10.8. The van der Waals surface area contributed by atoms with Gasteiger partial charge in [0.2, 0.25) is 6.54 Å². The molecule has 1 N–H and O–H groups in total. The van der Waals surface area contributed by atoms with E-state index in [-0.39, 0.29) is 31.5 Å². The molecule has 0 aromatic heterocycles. The van der Waals surface area contributed by atoms with E-state index in [4.69, 9.17) is 0 Å². The monoisotopic (exact) mass is 173 g/mol. The van der Waals surface area contributed by atoms with Gasteiger partial charge in [0.05, 0.1) is 0 Å². The number of nitrogens with zero attached hydrogens (tertiary/aromatic N) is 1. The molecule has 0 unspecified atom stereocenters. The lowest BCUT2D eigenvalue weighted by Crippen LogP contribution is -2.40. The number of aliphatic hydroxyl groups is 1. The second-order valence-electron chi connectivity index (χ2n) is 3.25. The van der Waals surface area contributed by atoms with Gasteiger partial charge in [-0.3, -0.25) is 14.9 Å². The third kappa shape index (κ3) is 2.27. The van der Waals surface area contributed by atoms with Crippen LogP contribution in [0.4, 0.5) is 0 Å². The Kier molecular flexibility index (Phi) is 2.42. The molecule has 0 aromatic carbocycles. The quantitative estimate of drug-likeness (QED) is 0.475. The van der Waals surface area contributed by atoms with Gasteiger partial charge >= 0.3 is 0 Å². The van der Waals surface area contributed by atoms with Crippen molar-refractivity contribution in [2.45, 2.75) is 31.3 Å². The minimum absolute atomic E-state index is 0.0861. The molecule has 0 bridgehead atoms. The highest BCUT2D eigenvalue weighted by atomic mass is 16.6. The smallest absolute Gasteiger partial charge is 0.232 e. The molecular weight excluding hydrogens is 162 g/mol. The summed E-state index contributed by atoms with van der Waals surface area (Å²) in [5.74, 6) is 0.0861. The summed E-state index contributed by atoms with van der Waals surface area (Å²) in [4.78, 5) is 20.3. The van der Waals surface area contributed by atoms with Gasteiger partial charge in [0.25, 0.3) is 0 Å². The maximum atomic E-state index is 10.8. The van der Waals surface area contributed by atoms with Crippen molar-refractivity contribution in [1.82, 2.24) is 0 Å². The molecule has 0 spiro atoms. The van der Waals surface area contributed by atoms with Crippen molar-refractivity contribution in [3.8, 4) is 0 Å². The fourth-order valence-corrected chi connectivity index (χ4v) is 1.39. The average Bonchev–Trinajstić information content (AvgIpc) is 1.94. The van der Waals surface area contributed by atoms with E-state index in [1.807, 2.05) is 0 Å². The summed E-state index contributed by atoms with van der Waals surface area (Å²) in [6.07, 6.45) is 0.994. The lowest BCUT2D eigenvalue weighted by atomic mass is 9.84. The minimum Gasteiger partial charge on any atom is -0.383 e. The zero-order valence-corrected chi connectivity index (χ0v) is 6.65. The highest BCUT2D eigenvalue weighted by Crippen LogP contribution is 2.25. The predicted octanol–water partition coefficient (Wildman–Crippen LogP) is 0.137. The molecule has 5 nitrogen and oxygen atoms in total. The Labute approximate surface area is 69.5 Å². The van der Waals surface area contributed by atoms with Crippen molar-refractivity contribution in [1.29, 1.82) is 0 Å². The molecule has 0 aliphatic heterocycles. The summed E-state index contributed by atoms with van der Waals surface area (Å²) in [6, 6.07) is 0. The van der Waals surface area contributed by atoms with Crippen LogP contribution in [0.25, 0.3) is 0 Å². The molecule has 1 fully saturated rings. The maximum Gasteiger partial charge on any atom is 0.232 e. The molecule has 1 rings (SSSR count). The summed E-state index contributed by atoms with van der Waals surface area (Å²) in [5, 5.41) is 19.7. The molecule has 0 atom stereocenters. The van der Waals surface area contributed by atoms with E-state index in [1.54, 1.807) is 0 Å². The van der Waals surface area contributed by atoms with Gasteiger partial charge in [0.15, 0.2) is 0 Å². The van der Waals surface area contributed by atoms with Crippen LogP contribution in [0.5, 0.6) is 0 Å². The van der Waals surface area contributed by atoms with Gasteiger partial charge < -0.3 is 5.11 Å². The number of hydrogen-bond acceptors (Lipinski definition) is 4. The summed E-state index contributed by atoms with van der Waals surface area (Å²) < 4.78 is 0.